The number of halogens is 1. The first kappa shape index (κ1) is 17.2. The Labute approximate surface area is 153 Å². The number of benzene rings is 2. The van der Waals surface area contributed by atoms with Gasteiger partial charge in [-0.25, -0.2) is 0 Å². The average Bonchev–Trinajstić information content (AvgIpc) is 2.56. The van der Waals surface area contributed by atoms with Gasteiger partial charge in [-0.15, -0.1) is 23.5 Å². The Hall–Kier alpha value is -1.63. The van der Waals surface area contributed by atoms with Gasteiger partial charge in [-0.05, 0) is 35.9 Å². The second-order valence-electron chi connectivity index (χ2n) is 5.22. The highest BCUT2D eigenvalue weighted by Gasteiger charge is 2.15. The molecule has 1 aliphatic rings. The average molecular weight is 379 g/mol. The van der Waals surface area contributed by atoms with E-state index in [-0.39, 0.29) is 11.8 Å². The van der Waals surface area contributed by atoms with E-state index in [0.717, 1.165) is 21.9 Å². The van der Waals surface area contributed by atoms with Gasteiger partial charge in [-0.1, -0.05) is 23.7 Å². The van der Waals surface area contributed by atoms with E-state index in [0.29, 0.717) is 22.2 Å². The zero-order chi connectivity index (χ0) is 16.9. The molecule has 3 rings (SSSR count). The van der Waals surface area contributed by atoms with E-state index in [1.54, 1.807) is 6.07 Å². The zero-order valence-corrected chi connectivity index (χ0v) is 15.1. The third kappa shape index (κ3) is 4.69. The molecule has 0 unspecified atom stereocenters. The SMILES string of the molecule is O=C(CSCc1ccc(Cl)cc1)Nc1ccc2c(c1)NC(=O)CS2. The molecule has 2 N–H and O–H groups in total. The minimum atomic E-state index is -0.0660. The normalized spacial score (nSPS) is 13.1. The van der Waals surface area contributed by atoms with E-state index < -0.39 is 0 Å². The lowest BCUT2D eigenvalue weighted by molar-refractivity contribution is -0.114. The number of anilines is 2. The molecule has 2 amide bonds. The van der Waals surface area contributed by atoms with Crippen molar-refractivity contribution in [1.29, 1.82) is 0 Å². The van der Waals surface area contributed by atoms with Gasteiger partial charge in [-0.3, -0.25) is 9.59 Å². The van der Waals surface area contributed by atoms with Gasteiger partial charge in [0, 0.05) is 21.4 Å². The first-order valence-electron chi connectivity index (χ1n) is 7.29. The van der Waals surface area contributed by atoms with Crippen LogP contribution in [0.2, 0.25) is 5.02 Å². The van der Waals surface area contributed by atoms with Crippen molar-refractivity contribution >= 4 is 58.3 Å². The van der Waals surface area contributed by atoms with Crippen LogP contribution in [0.15, 0.2) is 47.4 Å². The standard InChI is InChI=1S/C17H15ClN2O2S2/c18-12-3-1-11(2-4-12)8-23-9-16(21)19-13-5-6-15-14(7-13)20-17(22)10-24-15/h1-7H,8-10H2,(H,19,21)(H,20,22). The van der Waals surface area contributed by atoms with Crippen molar-refractivity contribution in [3.05, 3.63) is 53.1 Å². The van der Waals surface area contributed by atoms with E-state index in [9.17, 15) is 9.59 Å². The number of amides is 2. The summed E-state index contributed by atoms with van der Waals surface area (Å²) >= 11 is 8.89. The number of fused-ring (bicyclic) bond motifs is 1. The highest BCUT2D eigenvalue weighted by atomic mass is 35.5. The first-order valence-corrected chi connectivity index (χ1v) is 9.81. The van der Waals surface area contributed by atoms with Crippen molar-refractivity contribution in [3.8, 4) is 0 Å². The van der Waals surface area contributed by atoms with Crippen LogP contribution >= 0.6 is 35.1 Å². The minimum absolute atomic E-state index is 0.0190. The smallest absolute Gasteiger partial charge is 0.234 e. The summed E-state index contributed by atoms with van der Waals surface area (Å²) in [4.78, 5) is 24.5. The molecular formula is C17H15ClN2O2S2. The third-order valence-corrected chi connectivity index (χ3v) is 5.64. The van der Waals surface area contributed by atoms with Crippen molar-refractivity contribution in [2.24, 2.45) is 0 Å². The molecule has 0 bridgehead atoms. The van der Waals surface area contributed by atoms with Gasteiger partial charge in [0.25, 0.3) is 0 Å². The van der Waals surface area contributed by atoms with Gasteiger partial charge in [0.15, 0.2) is 0 Å². The van der Waals surface area contributed by atoms with E-state index in [2.05, 4.69) is 10.6 Å². The monoisotopic (exact) mass is 378 g/mol. The van der Waals surface area contributed by atoms with Crippen molar-refractivity contribution in [3.63, 3.8) is 0 Å². The molecule has 0 radical (unpaired) electrons. The van der Waals surface area contributed by atoms with Crippen LogP contribution in [0.3, 0.4) is 0 Å². The molecule has 0 aliphatic carbocycles. The lowest BCUT2D eigenvalue weighted by Crippen LogP contribution is -2.19. The molecule has 0 atom stereocenters. The third-order valence-electron chi connectivity index (χ3n) is 3.31. The fourth-order valence-electron chi connectivity index (χ4n) is 2.20. The number of thioether (sulfide) groups is 2. The molecule has 0 fully saturated rings. The summed E-state index contributed by atoms with van der Waals surface area (Å²) in [6.07, 6.45) is 0. The second kappa shape index (κ2) is 7.96. The summed E-state index contributed by atoms with van der Waals surface area (Å²) in [5.41, 5.74) is 2.57. The van der Waals surface area contributed by atoms with Gasteiger partial charge in [0.05, 0.1) is 17.2 Å². The Morgan fingerprint density at radius 1 is 1.25 bits per heavy atom. The Morgan fingerprint density at radius 2 is 2.04 bits per heavy atom. The Kier molecular flexibility index (Phi) is 5.71. The number of carbonyl (C=O) groups excluding carboxylic acids is 2. The molecule has 1 heterocycles. The zero-order valence-electron chi connectivity index (χ0n) is 12.7. The van der Waals surface area contributed by atoms with E-state index in [1.807, 2.05) is 36.4 Å². The van der Waals surface area contributed by atoms with Crippen molar-refractivity contribution in [1.82, 2.24) is 0 Å². The molecule has 4 nitrogen and oxygen atoms in total. The van der Waals surface area contributed by atoms with Crippen LogP contribution in [0.1, 0.15) is 5.56 Å². The molecule has 7 heteroatoms. The van der Waals surface area contributed by atoms with Gasteiger partial charge in [0.2, 0.25) is 11.8 Å². The molecule has 0 saturated carbocycles. The van der Waals surface area contributed by atoms with Crippen LogP contribution in [-0.4, -0.2) is 23.3 Å². The lowest BCUT2D eigenvalue weighted by Gasteiger charge is -2.17. The van der Waals surface area contributed by atoms with Crippen LogP contribution in [0.4, 0.5) is 11.4 Å². The molecule has 24 heavy (non-hydrogen) atoms. The summed E-state index contributed by atoms with van der Waals surface area (Å²) in [6, 6.07) is 13.2. The maximum Gasteiger partial charge on any atom is 0.234 e. The molecule has 0 saturated heterocycles. The second-order valence-corrected chi connectivity index (χ2v) is 7.65. The summed E-state index contributed by atoms with van der Waals surface area (Å²) < 4.78 is 0. The van der Waals surface area contributed by atoms with Crippen LogP contribution < -0.4 is 10.6 Å². The number of hydrogen-bond donors (Lipinski definition) is 2. The summed E-state index contributed by atoms with van der Waals surface area (Å²) in [5, 5.41) is 6.38. The highest BCUT2D eigenvalue weighted by molar-refractivity contribution is 8.00. The Bertz CT molecular complexity index is 766. The van der Waals surface area contributed by atoms with E-state index >= 15 is 0 Å². The number of rotatable bonds is 5. The van der Waals surface area contributed by atoms with Crippen molar-refractivity contribution < 1.29 is 9.59 Å². The highest BCUT2D eigenvalue weighted by Crippen LogP contribution is 2.33. The Balaban J connectivity index is 1.50. The maximum atomic E-state index is 12.0. The quantitative estimate of drug-likeness (QED) is 0.816. The van der Waals surface area contributed by atoms with Gasteiger partial charge in [0.1, 0.15) is 0 Å². The maximum absolute atomic E-state index is 12.0. The number of nitrogens with one attached hydrogen (secondary N) is 2. The fourth-order valence-corrected chi connectivity index (χ4v) is 3.90. The van der Waals surface area contributed by atoms with E-state index in [1.165, 1.54) is 23.5 Å². The van der Waals surface area contributed by atoms with Crippen LogP contribution in [0.25, 0.3) is 0 Å². The predicted molar refractivity (Wildman–Crippen MR) is 102 cm³/mol. The van der Waals surface area contributed by atoms with Crippen LogP contribution in [0, 0.1) is 0 Å². The van der Waals surface area contributed by atoms with Crippen LogP contribution in [0.5, 0.6) is 0 Å². The summed E-state index contributed by atoms with van der Waals surface area (Å²) in [6.45, 7) is 0. The molecule has 124 valence electrons. The first-order chi connectivity index (χ1) is 11.6. The Morgan fingerprint density at radius 3 is 2.83 bits per heavy atom. The fraction of sp³-hybridized carbons (Fsp3) is 0.176. The van der Waals surface area contributed by atoms with Gasteiger partial charge in [-0.2, -0.15) is 0 Å². The molecule has 2 aromatic rings. The molecule has 0 spiro atoms. The molecule has 0 aromatic heterocycles. The van der Waals surface area contributed by atoms with Gasteiger partial charge < -0.3 is 10.6 Å². The largest absolute Gasteiger partial charge is 0.325 e. The predicted octanol–water partition coefficient (Wildman–Crippen LogP) is 4.26. The van der Waals surface area contributed by atoms with E-state index in [4.69, 9.17) is 11.6 Å². The molecule has 1 aliphatic heterocycles. The summed E-state index contributed by atoms with van der Waals surface area (Å²) in [5.74, 6) is 1.46. The number of carbonyl (C=O) groups is 2. The minimum Gasteiger partial charge on any atom is -0.325 e. The van der Waals surface area contributed by atoms with Crippen molar-refractivity contribution in [2.45, 2.75) is 10.6 Å². The van der Waals surface area contributed by atoms with Gasteiger partial charge >= 0.3 is 0 Å². The molecular weight excluding hydrogens is 364 g/mol. The van der Waals surface area contributed by atoms with Crippen LogP contribution in [-0.2, 0) is 15.3 Å². The molecule has 2 aromatic carbocycles. The number of hydrogen-bond acceptors (Lipinski definition) is 4. The van der Waals surface area contributed by atoms with Crippen molar-refractivity contribution in [2.75, 3.05) is 22.1 Å². The lowest BCUT2D eigenvalue weighted by atomic mass is 10.2. The summed E-state index contributed by atoms with van der Waals surface area (Å²) in [7, 11) is 0. The topological polar surface area (TPSA) is 58.2 Å².